The van der Waals surface area contributed by atoms with Crippen LogP contribution in [-0.4, -0.2) is 17.2 Å². The number of aromatic nitrogens is 1. The van der Waals surface area contributed by atoms with Gasteiger partial charge in [-0.05, 0) is 73.2 Å². The van der Waals surface area contributed by atoms with Crippen molar-refractivity contribution in [1.82, 2.24) is 4.98 Å². The molecular weight excluding hydrogens is 428 g/mol. The van der Waals surface area contributed by atoms with Crippen molar-refractivity contribution in [1.29, 1.82) is 0 Å². The number of hydrogen-bond donors (Lipinski definition) is 1. The van der Waals surface area contributed by atoms with E-state index in [9.17, 15) is 4.79 Å². The fraction of sp³-hybridized carbons (Fsp3) is 0.0714. The third-order valence-corrected chi connectivity index (χ3v) is 5.13. The summed E-state index contributed by atoms with van der Waals surface area (Å²) in [6.45, 7) is 2.01. The molecule has 0 bridgehead atoms. The molecule has 0 radical (unpaired) electrons. The Bertz CT molecular complexity index is 1360. The lowest BCUT2D eigenvalue weighted by molar-refractivity contribution is -0.134. The second-order valence-electron chi connectivity index (χ2n) is 7.75. The molecule has 0 fully saturated rings. The lowest BCUT2D eigenvalue weighted by atomic mass is 10.2. The van der Waals surface area contributed by atoms with E-state index in [0.717, 1.165) is 22.2 Å². The van der Waals surface area contributed by atoms with Crippen LogP contribution in [0.5, 0.6) is 11.5 Å². The number of benzene rings is 4. The molecule has 0 unspecified atom stereocenters. The summed E-state index contributed by atoms with van der Waals surface area (Å²) >= 11 is 0. The van der Waals surface area contributed by atoms with E-state index in [4.69, 9.17) is 13.9 Å². The summed E-state index contributed by atoms with van der Waals surface area (Å²) in [4.78, 5) is 17.6. The molecular formula is C28H22N2O4. The first kappa shape index (κ1) is 21.3. The Hall–Kier alpha value is -4.58. The van der Waals surface area contributed by atoms with Crippen molar-refractivity contribution < 1.29 is 18.7 Å². The molecule has 34 heavy (non-hydrogen) atoms. The molecule has 5 aromatic rings. The average molecular weight is 450 g/mol. The van der Waals surface area contributed by atoms with Gasteiger partial charge in [-0.1, -0.05) is 42.5 Å². The molecule has 0 atom stereocenters. The Kier molecular flexibility index (Phi) is 5.95. The van der Waals surface area contributed by atoms with Crippen molar-refractivity contribution in [3.8, 4) is 23.0 Å². The number of amides is 1. The Morgan fingerprint density at radius 2 is 1.44 bits per heavy atom. The fourth-order valence-corrected chi connectivity index (χ4v) is 3.43. The number of nitrogens with one attached hydrogen (secondary N) is 1. The maximum atomic E-state index is 13.0. The van der Waals surface area contributed by atoms with Gasteiger partial charge in [-0.15, -0.1) is 0 Å². The van der Waals surface area contributed by atoms with Crippen LogP contribution in [0.15, 0.2) is 108 Å². The Morgan fingerprint density at radius 3 is 2.06 bits per heavy atom. The number of ether oxygens (including phenoxy) is 2. The Balaban J connectivity index is 1.32. The zero-order valence-corrected chi connectivity index (χ0v) is 18.5. The molecule has 6 nitrogen and oxygen atoms in total. The summed E-state index contributed by atoms with van der Waals surface area (Å²) in [5.74, 6) is 1.15. The van der Waals surface area contributed by atoms with Crippen molar-refractivity contribution in [2.45, 2.75) is 13.2 Å². The maximum absolute atomic E-state index is 13.0. The second-order valence-corrected chi connectivity index (χ2v) is 7.75. The summed E-state index contributed by atoms with van der Waals surface area (Å²) in [7, 11) is 0. The number of anilines is 1. The molecule has 1 N–H and O–H groups in total. The van der Waals surface area contributed by atoms with Gasteiger partial charge < -0.3 is 19.2 Å². The van der Waals surface area contributed by atoms with Gasteiger partial charge in [0.15, 0.2) is 5.58 Å². The van der Waals surface area contributed by atoms with E-state index >= 15 is 0 Å². The molecule has 0 aliphatic heterocycles. The van der Waals surface area contributed by atoms with Crippen LogP contribution in [0, 0.1) is 6.92 Å². The van der Waals surface area contributed by atoms with Gasteiger partial charge in [0.1, 0.15) is 17.0 Å². The van der Waals surface area contributed by atoms with Crippen LogP contribution < -0.4 is 14.8 Å². The largest absolute Gasteiger partial charge is 0.446 e. The van der Waals surface area contributed by atoms with E-state index in [2.05, 4.69) is 10.3 Å². The van der Waals surface area contributed by atoms with E-state index in [1.54, 1.807) is 36.4 Å². The van der Waals surface area contributed by atoms with Crippen LogP contribution in [0.25, 0.3) is 22.6 Å². The van der Waals surface area contributed by atoms with E-state index in [1.807, 2.05) is 73.7 Å². The van der Waals surface area contributed by atoms with Gasteiger partial charge in [0, 0.05) is 11.3 Å². The third kappa shape index (κ3) is 4.91. The molecule has 5 rings (SSSR count). The molecule has 1 amide bonds. The van der Waals surface area contributed by atoms with E-state index < -0.39 is 12.2 Å². The number of oxazole rings is 1. The van der Waals surface area contributed by atoms with Gasteiger partial charge in [0.25, 0.3) is 0 Å². The highest BCUT2D eigenvalue weighted by atomic mass is 16.7. The number of carbonyl (C=O) groups excluding carboxylic acids is 1. The normalized spacial score (nSPS) is 10.9. The topological polar surface area (TPSA) is 73.6 Å². The number of nitrogens with zero attached hydrogens (tertiary/aromatic N) is 1. The van der Waals surface area contributed by atoms with Crippen molar-refractivity contribution in [2.75, 3.05) is 5.32 Å². The van der Waals surface area contributed by atoms with Crippen molar-refractivity contribution >= 4 is 22.7 Å². The van der Waals surface area contributed by atoms with E-state index in [0.29, 0.717) is 23.1 Å². The summed E-state index contributed by atoms with van der Waals surface area (Å²) in [5.41, 5.74) is 4.06. The first-order valence-electron chi connectivity index (χ1n) is 10.9. The number of aryl methyl sites for hydroxylation is 1. The first-order chi connectivity index (χ1) is 16.6. The molecule has 0 spiro atoms. The maximum Gasteiger partial charge on any atom is 0.321 e. The quantitative estimate of drug-likeness (QED) is 0.298. The number of hydrogen-bond acceptors (Lipinski definition) is 5. The highest BCUT2D eigenvalue weighted by Crippen LogP contribution is 2.26. The minimum atomic E-state index is -1.18. The van der Waals surface area contributed by atoms with Gasteiger partial charge in [-0.3, -0.25) is 4.79 Å². The van der Waals surface area contributed by atoms with Crippen LogP contribution in [0.1, 0.15) is 5.56 Å². The summed E-state index contributed by atoms with van der Waals surface area (Å²) < 4.78 is 17.5. The average Bonchev–Trinajstić information content (AvgIpc) is 3.28. The number of para-hydroxylation sites is 2. The number of carbonyl (C=O) groups is 1. The summed E-state index contributed by atoms with van der Waals surface area (Å²) in [6, 6.07) is 31.3. The van der Waals surface area contributed by atoms with Crippen molar-refractivity contribution in [3.63, 3.8) is 0 Å². The van der Waals surface area contributed by atoms with E-state index in [-0.39, 0.29) is 0 Å². The van der Waals surface area contributed by atoms with Gasteiger partial charge in [0.05, 0.1) is 0 Å². The predicted octanol–water partition coefficient (Wildman–Crippen LogP) is 6.23. The monoisotopic (exact) mass is 450 g/mol. The molecule has 0 saturated carbocycles. The van der Waals surface area contributed by atoms with Gasteiger partial charge in [-0.2, -0.15) is 0 Å². The number of fused-ring (bicyclic) bond motifs is 1. The molecule has 1 heterocycles. The SMILES string of the molecule is Cc1ccc2nc(-c3ccc(NC(=O)C(Oc4ccccc4)Oc4ccccc4)cc3)oc2c1. The van der Waals surface area contributed by atoms with Crippen molar-refractivity contribution in [3.05, 3.63) is 109 Å². The molecule has 0 aliphatic rings. The number of rotatable bonds is 7. The summed E-state index contributed by atoms with van der Waals surface area (Å²) in [6.07, 6.45) is -1.18. The van der Waals surface area contributed by atoms with Crippen molar-refractivity contribution in [2.24, 2.45) is 0 Å². The molecule has 168 valence electrons. The standard InChI is InChI=1S/C28H22N2O4/c1-19-12-17-24-25(18-19)34-27(30-24)20-13-15-21(16-14-20)29-26(31)28(32-22-8-4-2-5-9-22)33-23-10-6-3-7-11-23/h2-18,28H,1H3,(H,29,31). The smallest absolute Gasteiger partial charge is 0.321 e. The second kappa shape index (κ2) is 9.50. The first-order valence-corrected chi connectivity index (χ1v) is 10.9. The van der Waals surface area contributed by atoms with Crippen LogP contribution in [-0.2, 0) is 4.79 Å². The highest BCUT2D eigenvalue weighted by Gasteiger charge is 2.23. The zero-order valence-electron chi connectivity index (χ0n) is 18.5. The predicted molar refractivity (Wildman–Crippen MR) is 131 cm³/mol. The van der Waals surface area contributed by atoms with E-state index in [1.165, 1.54) is 0 Å². The lowest BCUT2D eigenvalue weighted by Gasteiger charge is -2.20. The summed E-state index contributed by atoms with van der Waals surface area (Å²) in [5, 5.41) is 2.86. The minimum Gasteiger partial charge on any atom is -0.446 e. The van der Waals surface area contributed by atoms with Gasteiger partial charge in [-0.25, -0.2) is 4.98 Å². The molecule has 6 heteroatoms. The molecule has 4 aromatic carbocycles. The lowest BCUT2D eigenvalue weighted by Crippen LogP contribution is -2.38. The Morgan fingerprint density at radius 1 is 0.824 bits per heavy atom. The van der Waals surface area contributed by atoms with Crippen LogP contribution >= 0.6 is 0 Å². The van der Waals surface area contributed by atoms with Crippen LogP contribution in [0.4, 0.5) is 5.69 Å². The van der Waals surface area contributed by atoms with Crippen LogP contribution in [0.2, 0.25) is 0 Å². The van der Waals surface area contributed by atoms with Gasteiger partial charge in [0.2, 0.25) is 5.89 Å². The fourth-order valence-electron chi connectivity index (χ4n) is 3.43. The molecule has 1 aromatic heterocycles. The highest BCUT2D eigenvalue weighted by molar-refractivity contribution is 5.94. The molecule has 0 saturated heterocycles. The third-order valence-electron chi connectivity index (χ3n) is 5.13. The van der Waals surface area contributed by atoms with Gasteiger partial charge >= 0.3 is 12.2 Å². The molecule has 0 aliphatic carbocycles. The van der Waals surface area contributed by atoms with Crippen LogP contribution in [0.3, 0.4) is 0 Å². The zero-order chi connectivity index (χ0) is 23.3. The minimum absolute atomic E-state index is 0.433. The Labute approximate surface area is 196 Å².